The number of hydrogen-bond donors (Lipinski definition) is 1. The molecule has 2 unspecified atom stereocenters. The smallest absolute Gasteiger partial charge is 0.125 e. The van der Waals surface area contributed by atoms with Gasteiger partial charge in [-0.15, -0.1) is 0 Å². The topological polar surface area (TPSA) is 29.5 Å². The molecule has 1 aromatic carbocycles. The lowest BCUT2D eigenvalue weighted by Crippen LogP contribution is -2.26. The highest BCUT2D eigenvalue weighted by Crippen LogP contribution is 2.42. The molecular weight excluding hydrogens is 260 g/mol. The highest BCUT2D eigenvalue weighted by atomic mass is 16.5. The van der Waals surface area contributed by atoms with Gasteiger partial charge in [0, 0.05) is 5.56 Å². The van der Waals surface area contributed by atoms with Gasteiger partial charge >= 0.3 is 0 Å². The third-order valence-corrected chi connectivity index (χ3v) is 4.62. The first kappa shape index (κ1) is 16.4. The maximum Gasteiger partial charge on any atom is 0.125 e. The van der Waals surface area contributed by atoms with Gasteiger partial charge in [0.25, 0.3) is 0 Å². The molecule has 2 heteroatoms. The summed E-state index contributed by atoms with van der Waals surface area (Å²) in [5.74, 6) is 1.63. The van der Waals surface area contributed by atoms with E-state index in [4.69, 9.17) is 4.74 Å². The molecule has 1 saturated carbocycles. The summed E-state index contributed by atoms with van der Waals surface area (Å²) in [6, 6.07) is 8.02. The molecule has 0 saturated heterocycles. The molecule has 0 aromatic heterocycles. The van der Waals surface area contributed by atoms with Crippen LogP contribution in [0.25, 0.3) is 0 Å². The molecule has 0 radical (unpaired) electrons. The summed E-state index contributed by atoms with van der Waals surface area (Å²) in [6.45, 7) is 6.32. The summed E-state index contributed by atoms with van der Waals surface area (Å²) in [5, 5.41) is 11.2. The van der Waals surface area contributed by atoms with Crippen LogP contribution in [-0.2, 0) is 5.60 Å². The average Bonchev–Trinajstić information content (AvgIpc) is 2.62. The van der Waals surface area contributed by atoms with Crippen molar-refractivity contribution in [2.75, 3.05) is 0 Å². The Kier molecular flexibility index (Phi) is 5.69. The van der Waals surface area contributed by atoms with Gasteiger partial charge in [-0.2, -0.15) is 0 Å². The molecule has 2 nitrogen and oxygen atoms in total. The summed E-state index contributed by atoms with van der Waals surface area (Å²) in [4.78, 5) is 0. The van der Waals surface area contributed by atoms with Gasteiger partial charge in [0.1, 0.15) is 5.75 Å². The Hall–Kier alpha value is -1.02. The molecular formula is C19H30O2. The van der Waals surface area contributed by atoms with E-state index in [1.54, 1.807) is 0 Å². The van der Waals surface area contributed by atoms with Crippen molar-refractivity contribution < 1.29 is 9.84 Å². The first-order chi connectivity index (χ1) is 10.0. The minimum absolute atomic E-state index is 0.133. The van der Waals surface area contributed by atoms with Crippen LogP contribution in [0.2, 0.25) is 0 Å². The first-order valence-electron chi connectivity index (χ1n) is 8.53. The number of rotatable bonds is 5. The van der Waals surface area contributed by atoms with Crippen molar-refractivity contribution in [2.24, 2.45) is 5.92 Å². The Morgan fingerprint density at radius 3 is 2.71 bits per heavy atom. The Morgan fingerprint density at radius 1 is 1.24 bits per heavy atom. The van der Waals surface area contributed by atoms with Gasteiger partial charge in [-0.25, -0.2) is 0 Å². The Labute approximate surface area is 129 Å². The van der Waals surface area contributed by atoms with Gasteiger partial charge in [0.2, 0.25) is 0 Å². The molecule has 21 heavy (non-hydrogen) atoms. The van der Waals surface area contributed by atoms with Gasteiger partial charge in [0.05, 0.1) is 11.7 Å². The van der Waals surface area contributed by atoms with Crippen molar-refractivity contribution in [3.8, 4) is 5.75 Å². The van der Waals surface area contributed by atoms with Crippen molar-refractivity contribution >= 4 is 0 Å². The van der Waals surface area contributed by atoms with E-state index in [0.29, 0.717) is 0 Å². The van der Waals surface area contributed by atoms with Crippen LogP contribution in [0.5, 0.6) is 5.75 Å². The van der Waals surface area contributed by atoms with Gasteiger partial charge in [-0.3, -0.25) is 0 Å². The molecule has 1 aromatic rings. The summed E-state index contributed by atoms with van der Waals surface area (Å²) >= 11 is 0. The van der Waals surface area contributed by atoms with Gasteiger partial charge in [0.15, 0.2) is 0 Å². The molecule has 0 heterocycles. The molecule has 2 atom stereocenters. The molecule has 0 spiro atoms. The van der Waals surface area contributed by atoms with E-state index in [0.717, 1.165) is 42.9 Å². The van der Waals surface area contributed by atoms with Crippen molar-refractivity contribution in [2.45, 2.75) is 77.4 Å². The fourth-order valence-electron chi connectivity index (χ4n) is 3.57. The second-order valence-corrected chi connectivity index (χ2v) is 6.78. The quantitative estimate of drug-likeness (QED) is 0.770. The fraction of sp³-hybridized carbons (Fsp3) is 0.684. The fourth-order valence-corrected chi connectivity index (χ4v) is 3.57. The normalized spacial score (nSPS) is 26.6. The lowest BCUT2D eigenvalue weighted by molar-refractivity contribution is 0.0160. The van der Waals surface area contributed by atoms with Crippen LogP contribution < -0.4 is 4.74 Å². The summed E-state index contributed by atoms with van der Waals surface area (Å²) in [7, 11) is 0. The van der Waals surface area contributed by atoms with Gasteiger partial charge < -0.3 is 9.84 Å². The third kappa shape index (κ3) is 4.23. The molecule has 0 aliphatic heterocycles. The van der Waals surface area contributed by atoms with Gasteiger partial charge in [-0.1, -0.05) is 44.4 Å². The first-order valence-corrected chi connectivity index (χ1v) is 8.53. The maximum absolute atomic E-state index is 11.2. The van der Waals surface area contributed by atoms with E-state index < -0.39 is 5.60 Å². The summed E-state index contributed by atoms with van der Waals surface area (Å²) in [5.41, 5.74) is 0.268. The van der Waals surface area contributed by atoms with E-state index in [2.05, 4.69) is 6.92 Å². The van der Waals surface area contributed by atoms with Crippen LogP contribution in [0.3, 0.4) is 0 Å². The second kappa shape index (κ2) is 7.31. The van der Waals surface area contributed by atoms with E-state index in [-0.39, 0.29) is 6.10 Å². The van der Waals surface area contributed by atoms with Crippen LogP contribution in [-0.4, -0.2) is 11.2 Å². The minimum Gasteiger partial charge on any atom is -0.491 e. The zero-order valence-electron chi connectivity index (χ0n) is 13.8. The standard InChI is InChI=1S/C19H30O2/c1-4-8-16-9-7-13-19(20,14-12-16)17-10-5-6-11-18(17)21-15(2)3/h5-6,10-11,15-16,20H,4,7-9,12-14H2,1-3H3. The number of aliphatic hydroxyl groups is 1. The molecule has 1 aliphatic rings. The van der Waals surface area contributed by atoms with Crippen molar-refractivity contribution in [3.05, 3.63) is 29.8 Å². The molecule has 2 rings (SSSR count). The van der Waals surface area contributed by atoms with Crippen molar-refractivity contribution in [1.29, 1.82) is 0 Å². The lowest BCUT2D eigenvalue weighted by Gasteiger charge is -2.30. The number of ether oxygens (including phenoxy) is 1. The third-order valence-electron chi connectivity index (χ3n) is 4.62. The predicted molar refractivity (Wildman–Crippen MR) is 87.6 cm³/mol. The number of hydrogen-bond acceptors (Lipinski definition) is 2. The van der Waals surface area contributed by atoms with Crippen LogP contribution >= 0.6 is 0 Å². The van der Waals surface area contributed by atoms with E-state index in [1.807, 2.05) is 38.1 Å². The maximum atomic E-state index is 11.2. The van der Waals surface area contributed by atoms with Crippen LogP contribution in [0.4, 0.5) is 0 Å². The second-order valence-electron chi connectivity index (χ2n) is 6.78. The average molecular weight is 290 g/mol. The Bertz CT molecular complexity index is 441. The van der Waals surface area contributed by atoms with Crippen LogP contribution in [0.15, 0.2) is 24.3 Å². The van der Waals surface area contributed by atoms with Crippen LogP contribution in [0, 0.1) is 5.92 Å². The summed E-state index contributed by atoms with van der Waals surface area (Å²) in [6.07, 6.45) is 7.87. The number of para-hydroxylation sites is 1. The highest BCUT2D eigenvalue weighted by Gasteiger charge is 2.34. The summed E-state index contributed by atoms with van der Waals surface area (Å²) < 4.78 is 5.92. The zero-order chi connectivity index (χ0) is 15.3. The Balaban J connectivity index is 2.19. The molecule has 1 fully saturated rings. The van der Waals surface area contributed by atoms with Crippen molar-refractivity contribution in [1.82, 2.24) is 0 Å². The molecule has 0 bridgehead atoms. The predicted octanol–water partition coefficient (Wildman–Crippen LogP) is 5.04. The molecule has 0 amide bonds. The monoisotopic (exact) mass is 290 g/mol. The van der Waals surface area contributed by atoms with Crippen molar-refractivity contribution in [3.63, 3.8) is 0 Å². The van der Waals surface area contributed by atoms with E-state index in [1.165, 1.54) is 19.3 Å². The zero-order valence-corrected chi connectivity index (χ0v) is 13.8. The molecule has 1 aliphatic carbocycles. The SMILES string of the molecule is CCCC1CCCC(O)(c2ccccc2OC(C)C)CC1. The van der Waals surface area contributed by atoms with Gasteiger partial charge in [-0.05, 0) is 51.5 Å². The molecule has 1 N–H and O–H groups in total. The van der Waals surface area contributed by atoms with E-state index in [9.17, 15) is 5.11 Å². The largest absolute Gasteiger partial charge is 0.491 e. The molecule has 118 valence electrons. The Morgan fingerprint density at radius 2 is 2.00 bits per heavy atom. The van der Waals surface area contributed by atoms with Crippen LogP contribution in [0.1, 0.15) is 71.3 Å². The number of benzene rings is 1. The van der Waals surface area contributed by atoms with E-state index >= 15 is 0 Å². The highest BCUT2D eigenvalue weighted by molar-refractivity contribution is 5.38. The minimum atomic E-state index is -0.714. The lowest BCUT2D eigenvalue weighted by atomic mass is 9.85.